The van der Waals surface area contributed by atoms with Gasteiger partial charge in [-0.05, 0) is 85.1 Å². The smallest absolute Gasteiger partial charge is 0.422 e. The zero-order valence-electron chi connectivity index (χ0n) is 19.7. The first-order valence-electron chi connectivity index (χ1n) is 10.7. The van der Waals surface area contributed by atoms with E-state index in [1.54, 1.807) is 0 Å². The Labute approximate surface area is 236 Å². The summed E-state index contributed by atoms with van der Waals surface area (Å²) in [4.78, 5) is 23.1. The second-order valence-corrected chi connectivity index (χ2v) is 8.56. The first-order valence-corrected chi connectivity index (χ1v) is 11.9. The van der Waals surface area contributed by atoms with Crippen LogP contribution in [0.2, 0.25) is 5.15 Å². The van der Waals surface area contributed by atoms with Crippen molar-refractivity contribution in [1.82, 2.24) is 14.5 Å². The van der Waals surface area contributed by atoms with E-state index < -0.39 is 31.1 Å². The molecule has 0 bridgehead atoms. The number of H-pyrrole nitrogens is 1. The van der Waals surface area contributed by atoms with Gasteiger partial charge in [0, 0.05) is 0 Å². The maximum absolute atomic E-state index is 12.6. The van der Waals surface area contributed by atoms with Gasteiger partial charge in [0.25, 0.3) is 5.56 Å². The van der Waals surface area contributed by atoms with Crippen LogP contribution in [0.1, 0.15) is 0 Å². The summed E-state index contributed by atoms with van der Waals surface area (Å²) in [7, 11) is 0. The molecule has 4 rings (SSSR count). The van der Waals surface area contributed by atoms with Crippen LogP contribution in [0.5, 0.6) is 11.5 Å². The lowest BCUT2D eigenvalue weighted by atomic mass is 10.3. The number of pyridine rings is 1. The summed E-state index contributed by atoms with van der Waals surface area (Å²) in [5, 5.41) is 2.63. The van der Waals surface area contributed by atoms with Crippen LogP contribution in [0.25, 0.3) is 16.7 Å². The monoisotopic (exact) mass is 620 g/mol. The molecule has 0 aliphatic heterocycles. The van der Waals surface area contributed by atoms with Gasteiger partial charge in [-0.3, -0.25) is 9.36 Å². The van der Waals surface area contributed by atoms with Gasteiger partial charge in [0.05, 0.1) is 21.9 Å². The number of nitrogens with zero attached hydrogens (tertiary/aromatic N) is 3. The molecule has 1 N–H and O–H groups in total. The third-order valence-corrected chi connectivity index (χ3v) is 5.22. The van der Waals surface area contributed by atoms with Crippen LogP contribution in [-0.2, 0) is 0 Å². The molecule has 2 aromatic heterocycles. The van der Waals surface area contributed by atoms with Gasteiger partial charge >= 0.3 is 12.4 Å². The van der Waals surface area contributed by atoms with Crippen LogP contribution in [0.3, 0.4) is 0 Å². The molecule has 0 amide bonds. The number of rotatable bonds is 6. The van der Waals surface area contributed by atoms with Crippen LogP contribution >= 0.6 is 36.0 Å². The molecule has 0 radical (unpaired) electrons. The number of alkyl halides is 6. The summed E-state index contributed by atoms with van der Waals surface area (Å²) in [6, 6.07) is 14.3. The lowest BCUT2D eigenvalue weighted by molar-refractivity contribution is -0.154. The topological polar surface area (TPSA) is 81.5 Å². The van der Waals surface area contributed by atoms with Crippen LogP contribution < -0.4 is 15.0 Å². The normalized spacial score (nSPS) is 11.3. The highest BCUT2D eigenvalue weighted by molar-refractivity contribution is 7.78. The van der Waals surface area contributed by atoms with E-state index in [-0.39, 0.29) is 32.5 Å². The first kappa shape index (κ1) is 30.8. The second-order valence-electron chi connectivity index (χ2n) is 7.60. The van der Waals surface area contributed by atoms with Gasteiger partial charge in [-0.1, -0.05) is 11.6 Å². The molecular weight excluding hydrogens is 606 g/mol. The number of halogens is 7. The molecule has 0 aliphatic carbocycles. The van der Waals surface area contributed by atoms with E-state index in [2.05, 4.69) is 41.8 Å². The number of isothiocyanates is 1. The molecular formula is C24H15ClF6N4O3S2. The van der Waals surface area contributed by atoms with Crippen LogP contribution in [0.15, 0.2) is 70.5 Å². The number of benzene rings is 2. The Hall–Kier alpha value is -3.78. The molecule has 2 aromatic carbocycles. The highest BCUT2D eigenvalue weighted by Crippen LogP contribution is 2.22. The van der Waals surface area contributed by atoms with Gasteiger partial charge in [0.1, 0.15) is 22.3 Å². The Balaban J connectivity index is 0.000000252. The molecule has 0 fully saturated rings. The van der Waals surface area contributed by atoms with Crippen molar-refractivity contribution in [3.05, 3.63) is 80.9 Å². The van der Waals surface area contributed by atoms with E-state index in [1.807, 2.05) is 0 Å². The van der Waals surface area contributed by atoms with Crippen LogP contribution in [0, 0.1) is 4.77 Å². The number of thiocarbonyl (C=S) groups is 1. The molecule has 0 aliphatic rings. The van der Waals surface area contributed by atoms with E-state index >= 15 is 0 Å². The van der Waals surface area contributed by atoms with Crippen molar-refractivity contribution in [3.63, 3.8) is 0 Å². The summed E-state index contributed by atoms with van der Waals surface area (Å²) >= 11 is 15.3. The average molecular weight is 621 g/mol. The fourth-order valence-corrected chi connectivity index (χ4v) is 3.54. The minimum absolute atomic E-state index is 0.0262. The second kappa shape index (κ2) is 13.0. The zero-order valence-corrected chi connectivity index (χ0v) is 22.1. The molecule has 0 saturated heterocycles. The van der Waals surface area contributed by atoms with Crippen molar-refractivity contribution in [2.45, 2.75) is 12.4 Å². The predicted molar refractivity (Wildman–Crippen MR) is 142 cm³/mol. The molecule has 0 atom stereocenters. The minimum atomic E-state index is -4.43. The van der Waals surface area contributed by atoms with E-state index in [4.69, 9.17) is 23.8 Å². The zero-order chi connectivity index (χ0) is 29.5. The van der Waals surface area contributed by atoms with Gasteiger partial charge in [0.15, 0.2) is 18.0 Å². The number of fused-ring (bicyclic) bond motifs is 1. The molecule has 16 heteroatoms. The van der Waals surface area contributed by atoms with Crippen molar-refractivity contribution < 1.29 is 35.8 Å². The standard InChI is InChI=1S/C15H9ClF3N3O2S.C9H6F3NOS/c16-11-6-5-10-12(20-11)21-14(25)22(13(10)23)8-1-3-9(4-2-8)24-7-15(17,18)19;10-9(11,12)5-14-8-3-1-7(2-4-8)13-6-15/h1-6H,7H2,(H,20,21,25);1-4H,5H2. The maximum Gasteiger partial charge on any atom is 0.422 e. The number of nitrogens with one attached hydrogen (secondary N) is 1. The number of aliphatic imine (C=N–C) groups is 1. The largest absolute Gasteiger partial charge is 0.484 e. The molecule has 210 valence electrons. The number of hydrogen-bond donors (Lipinski definition) is 1. The predicted octanol–water partition coefficient (Wildman–Crippen LogP) is 7.40. The minimum Gasteiger partial charge on any atom is -0.484 e. The Morgan fingerprint density at radius 1 is 0.900 bits per heavy atom. The summed E-state index contributed by atoms with van der Waals surface area (Å²) < 4.78 is 82.2. The number of aromatic amines is 1. The Kier molecular flexibility index (Phi) is 10.0. The third kappa shape index (κ3) is 9.16. The first-order chi connectivity index (χ1) is 18.8. The average Bonchev–Trinajstić information content (AvgIpc) is 2.87. The van der Waals surface area contributed by atoms with Gasteiger partial charge < -0.3 is 14.5 Å². The number of aromatic nitrogens is 3. The molecule has 7 nitrogen and oxygen atoms in total. The summed E-state index contributed by atoms with van der Waals surface area (Å²) in [5.41, 5.74) is 0.725. The SMILES string of the molecule is FC(F)(F)COc1ccc(N=C=S)cc1.O=c1c2ccc(Cl)nc2[nH]c(=S)n1-c1ccc(OCC(F)(F)F)cc1. The summed E-state index contributed by atoms with van der Waals surface area (Å²) in [5.74, 6) is 0.161. The van der Waals surface area contributed by atoms with Gasteiger partial charge in [-0.15, -0.1) is 0 Å². The van der Waals surface area contributed by atoms with Gasteiger partial charge in [-0.2, -0.15) is 31.3 Å². The molecule has 0 spiro atoms. The van der Waals surface area contributed by atoms with Gasteiger partial charge in [0.2, 0.25) is 0 Å². The number of ether oxygens (including phenoxy) is 2. The fraction of sp³-hybridized carbons (Fsp3) is 0.167. The molecule has 0 unspecified atom stereocenters. The van der Waals surface area contributed by atoms with E-state index in [1.165, 1.54) is 65.2 Å². The Bertz CT molecular complexity index is 1630. The van der Waals surface area contributed by atoms with E-state index in [9.17, 15) is 31.1 Å². The molecule has 4 aromatic rings. The molecule has 2 heterocycles. The highest BCUT2D eigenvalue weighted by atomic mass is 35.5. The highest BCUT2D eigenvalue weighted by Gasteiger charge is 2.29. The molecule has 0 saturated carbocycles. The summed E-state index contributed by atoms with van der Waals surface area (Å²) in [6.07, 6.45) is -8.75. The quantitative estimate of drug-likeness (QED) is 0.105. The lowest BCUT2D eigenvalue weighted by Crippen LogP contribution is -2.21. The van der Waals surface area contributed by atoms with Crippen molar-refractivity contribution in [3.8, 4) is 17.2 Å². The fourth-order valence-electron chi connectivity index (χ4n) is 3.00. The Morgan fingerprint density at radius 3 is 1.93 bits per heavy atom. The van der Waals surface area contributed by atoms with Crippen molar-refractivity contribution in [2.75, 3.05) is 13.2 Å². The van der Waals surface area contributed by atoms with E-state index in [0.29, 0.717) is 11.4 Å². The lowest BCUT2D eigenvalue weighted by Gasteiger charge is -2.11. The Morgan fingerprint density at radius 2 is 1.43 bits per heavy atom. The molecule has 40 heavy (non-hydrogen) atoms. The van der Waals surface area contributed by atoms with Crippen molar-refractivity contribution >= 4 is 57.9 Å². The maximum atomic E-state index is 12.6. The van der Waals surface area contributed by atoms with Crippen molar-refractivity contribution in [1.29, 1.82) is 0 Å². The summed E-state index contributed by atoms with van der Waals surface area (Å²) in [6.45, 7) is -2.70. The number of hydrogen-bond acceptors (Lipinski definition) is 7. The third-order valence-electron chi connectivity index (χ3n) is 4.63. The van der Waals surface area contributed by atoms with Crippen LogP contribution in [0.4, 0.5) is 32.0 Å². The van der Waals surface area contributed by atoms with Crippen molar-refractivity contribution in [2.24, 2.45) is 4.99 Å². The van der Waals surface area contributed by atoms with Crippen LogP contribution in [-0.4, -0.2) is 45.3 Å². The van der Waals surface area contributed by atoms with E-state index in [0.717, 1.165) is 0 Å². The van der Waals surface area contributed by atoms with Gasteiger partial charge in [-0.25, -0.2) is 4.98 Å².